The Morgan fingerprint density at radius 3 is 2.30 bits per heavy atom. The van der Waals surface area contributed by atoms with Crippen LogP contribution < -0.4 is 5.32 Å². The Balaban J connectivity index is 1.76. The minimum absolute atomic E-state index is 0.150. The number of carbonyl (C=O) groups is 1. The third-order valence-corrected chi connectivity index (χ3v) is 4.34. The lowest BCUT2D eigenvalue weighted by Gasteiger charge is -2.12. The Kier molecular flexibility index (Phi) is 4.75. The zero-order valence-electron chi connectivity index (χ0n) is 14.7. The van der Waals surface area contributed by atoms with E-state index in [2.05, 4.69) is 10.3 Å². The number of amides is 1. The molecular weight excluding hydrogens is 332 g/mol. The van der Waals surface area contributed by atoms with E-state index in [1.54, 1.807) is 18.3 Å². The van der Waals surface area contributed by atoms with Gasteiger partial charge in [-0.1, -0.05) is 78.9 Å². The molecule has 0 saturated heterocycles. The summed E-state index contributed by atoms with van der Waals surface area (Å²) in [6.07, 6.45) is 5.78. The highest BCUT2D eigenvalue weighted by atomic mass is 16.1. The number of rotatable bonds is 4. The normalized spacial score (nSPS) is 11.0. The molecule has 1 aromatic heterocycles. The van der Waals surface area contributed by atoms with E-state index in [1.165, 1.54) is 0 Å². The molecule has 1 N–H and O–H groups in total. The van der Waals surface area contributed by atoms with Gasteiger partial charge in [-0.25, -0.2) is 0 Å². The first-order valence-corrected chi connectivity index (χ1v) is 8.78. The Morgan fingerprint density at radius 1 is 0.778 bits per heavy atom. The van der Waals surface area contributed by atoms with Crippen molar-refractivity contribution in [3.63, 3.8) is 0 Å². The van der Waals surface area contributed by atoms with Gasteiger partial charge in [0.1, 0.15) is 0 Å². The first-order valence-electron chi connectivity index (χ1n) is 8.78. The highest BCUT2D eigenvalue weighted by Gasteiger charge is 2.12. The number of hydrogen-bond acceptors (Lipinski definition) is 2. The molecule has 3 aromatic carbocycles. The number of carbonyl (C=O) groups excluding carboxylic acids is 1. The molecule has 3 heteroatoms. The topological polar surface area (TPSA) is 42.0 Å². The first-order chi connectivity index (χ1) is 13.3. The fraction of sp³-hybridized carbons (Fsp3) is 0. The molecule has 0 aliphatic heterocycles. The van der Waals surface area contributed by atoms with Crippen LogP contribution in [-0.4, -0.2) is 10.9 Å². The molecule has 0 aliphatic carbocycles. The number of anilines is 1. The van der Waals surface area contributed by atoms with Gasteiger partial charge in [-0.15, -0.1) is 0 Å². The third kappa shape index (κ3) is 3.77. The Hall–Kier alpha value is -3.72. The number of nitrogens with one attached hydrogen (secondary N) is 1. The van der Waals surface area contributed by atoms with Crippen molar-refractivity contribution in [3.05, 3.63) is 108 Å². The third-order valence-electron chi connectivity index (χ3n) is 4.34. The van der Waals surface area contributed by atoms with Crippen LogP contribution in [0.5, 0.6) is 0 Å². The number of hydrogen-bond donors (Lipinski definition) is 1. The van der Waals surface area contributed by atoms with E-state index in [0.29, 0.717) is 11.3 Å². The molecule has 0 spiro atoms. The lowest BCUT2D eigenvalue weighted by Crippen LogP contribution is -2.13. The molecule has 3 nitrogen and oxygen atoms in total. The van der Waals surface area contributed by atoms with Crippen LogP contribution in [0, 0.1) is 0 Å². The van der Waals surface area contributed by atoms with Crippen molar-refractivity contribution >= 4 is 34.6 Å². The van der Waals surface area contributed by atoms with Crippen LogP contribution in [0.3, 0.4) is 0 Å². The number of benzene rings is 3. The van der Waals surface area contributed by atoms with Crippen molar-refractivity contribution < 1.29 is 4.79 Å². The lowest BCUT2D eigenvalue weighted by atomic mass is 10.1. The lowest BCUT2D eigenvalue weighted by molar-refractivity contribution is 0.102. The summed E-state index contributed by atoms with van der Waals surface area (Å²) in [5.41, 5.74) is 4.11. The van der Waals surface area contributed by atoms with E-state index in [0.717, 1.165) is 22.0 Å². The maximum absolute atomic E-state index is 12.7. The first kappa shape index (κ1) is 16.7. The monoisotopic (exact) mass is 350 g/mol. The van der Waals surface area contributed by atoms with Crippen LogP contribution >= 0.6 is 0 Å². The fourth-order valence-corrected chi connectivity index (χ4v) is 2.96. The van der Waals surface area contributed by atoms with Gasteiger partial charge in [0.25, 0.3) is 5.91 Å². The zero-order valence-corrected chi connectivity index (χ0v) is 14.7. The van der Waals surface area contributed by atoms with Crippen molar-refractivity contribution in [2.75, 3.05) is 5.32 Å². The van der Waals surface area contributed by atoms with Crippen molar-refractivity contribution in [1.82, 2.24) is 4.98 Å². The summed E-state index contributed by atoms with van der Waals surface area (Å²) in [6, 6.07) is 27.2. The summed E-state index contributed by atoms with van der Waals surface area (Å²) in [5.74, 6) is -0.150. The molecule has 0 aliphatic rings. The SMILES string of the molecule is O=C(Nc1c(/C=C/c2ccccc2)ccc2cccnc12)c1ccccc1. The van der Waals surface area contributed by atoms with Gasteiger partial charge in [-0.2, -0.15) is 0 Å². The summed E-state index contributed by atoms with van der Waals surface area (Å²) in [7, 11) is 0. The predicted molar refractivity (Wildman–Crippen MR) is 112 cm³/mol. The quantitative estimate of drug-likeness (QED) is 0.483. The zero-order chi connectivity index (χ0) is 18.5. The molecule has 0 bridgehead atoms. The standard InChI is InChI=1S/C24H18N2O/c27-24(21-10-5-2-6-11-21)26-23-20(14-13-18-8-3-1-4-9-18)16-15-19-12-7-17-25-22(19)23/h1-17H,(H,26,27)/b14-13+. The van der Waals surface area contributed by atoms with Crippen LogP contribution in [0.15, 0.2) is 91.1 Å². The molecule has 130 valence electrons. The molecule has 1 heterocycles. The van der Waals surface area contributed by atoms with E-state index in [9.17, 15) is 4.79 Å². The molecule has 0 saturated carbocycles. The maximum atomic E-state index is 12.7. The van der Waals surface area contributed by atoms with Crippen LogP contribution in [0.2, 0.25) is 0 Å². The van der Waals surface area contributed by atoms with E-state index < -0.39 is 0 Å². The van der Waals surface area contributed by atoms with Gasteiger partial charge in [0.2, 0.25) is 0 Å². The number of pyridine rings is 1. The second kappa shape index (κ2) is 7.67. The van der Waals surface area contributed by atoms with Gasteiger partial charge in [0.15, 0.2) is 0 Å². The van der Waals surface area contributed by atoms with E-state index in [4.69, 9.17) is 0 Å². The second-order valence-electron chi connectivity index (χ2n) is 6.17. The molecular formula is C24H18N2O. The summed E-state index contributed by atoms with van der Waals surface area (Å²) in [5, 5.41) is 4.04. The molecule has 4 aromatic rings. The summed E-state index contributed by atoms with van der Waals surface area (Å²) in [4.78, 5) is 17.2. The van der Waals surface area contributed by atoms with Crippen molar-refractivity contribution in [2.45, 2.75) is 0 Å². The summed E-state index contributed by atoms with van der Waals surface area (Å²) >= 11 is 0. The highest BCUT2D eigenvalue weighted by Crippen LogP contribution is 2.28. The van der Waals surface area contributed by atoms with Gasteiger partial charge >= 0.3 is 0 Å². The second-order valence-corrected chi connectivity index (χ2v) is 6.17. The molecule has 0 atom stereocenters. The van der Waals surface area contributed by atoms with Crippen LogP contribution in [-0.2, 0) is 0 Å². The van der Waals surface area contributed by atoms with Gasteiger partial charge in [-0.05, 0) is 23.8 Å². The molecule has 0 radical (unpaired) electrons. The van der Waals surface area contributed by atoms with Crippen LogP contribution in [0.4, 0.5) is 5.69 Å². The molecule has 0 fully saturated rings. The minimum atomic E-state index is -0.150. The Bertz CT molecular complexity index is 1100. The highest BCUT2D eigenvalue weighted by molar-refractivity contribution is 6.10. The van der Waals surface area contributed by atoms with Crippen LogP contribution in [0.25, 0.3) is 23.1 Å². The van der Waals surface area contributed by atoms with Gasteiger partial charge < -0.3 is 5.32 Å². The number of aromatic nitrogens is 1. The van der Waals surface area contributed by atoms with Gasteiger partial charge in [0, 0.05) is 22.7 Å². The maximum Gasteiger partial charge on any atom is 0.255 e. The van der Waals surface area contributed by atoms with Crippen molar-refractivity contribution in [1.29, 1.82) is 0 Å². The smallest absolute Gasteiger partial charge is 0.255 e. The van der Waals surface area contributed by atoms with E-state index in [1.807, 2.05) is 84.9 Å². The van der Waals surface area contributed by atoms with Crippen molar-refractivity contribution in [2.24, 2.45) is 0 Å². The minimum Gasteiger partial charge on any atom is -0.320 e. The van der Waals surface area contributed by atoms with Crippen LogP contribution in [0.1, 0.15) is 21.5 Å². The van der Waals surface area contributed by atoms with Crippen molar-refractivity contribution in [3.8, 4) is 0 Å². The Labute approximate surface area is 158 Å². The largest absolute Gasteiger partial charge is 0.320 e. The number of nitrogens with zero attached hydrogens (tertiary/aromatic N) is 1. The Morgan fingerprint density at radius 2 is 1.52 bits per heavy atom. The summed E-state index contributed by atoms with van der Waals surface area (Å²) in [6.45, 7) is 0. The van der Waals surface area contributed by atoms with E-state index in [-0.39, 0.29) is 5.91 Å². The molecule has 27 heavy (non-hydrogen) atoms. The fourth-order valence-electron chi connectivity index (χ4n) is 2.96. The molecule has 0 unspecified atom stereocenters. The number of fused-ring (bicyclic) bond motifs is 1. The predicted octanol–water partition coefficient (Wildman–Crippen LogP) is 5.66. The van der Waals surface area contributed by atoms with Gasteiger partial charge in [-0.3, -0.25) is 9.78 Å². The summed E-state index contributed by atoms with van der Waals surface area (Å²) < 4.78 is 0. The average Bonchev–Trinajstić information content (AvgIpc) is 2.74. The molecule has 4 rings (SSSR count). The van der Waals surface area contributed by atoms with E-state index >= 15 is 0 Å². The van der Waals surface area contributed by atoms with Gasteiger partial charge in [0.05, 0.1) is 11.2 Å². The molecule has 1 amide bonds. The average molecular weight is 350 g/mol.